The van der Waals surface area contributed by atoms with Crippen LogP contribution in [-0.2, 0) is 23.2 Å². The van der Waals surface area contributed by atoms with Crippen LogP contribution in [0.2, 0.25) is 0 Å². The number of ether oxygens (including phenoxy) is 2. The summed E-state index contributed by atoms with van der Waals surface area (Å²) in [5.41, 5.74) is 3.55. The SMILES string of the molecule is Cc1nn(C)c(C)c1NC(=O)[C@@H](C)OC(=O)c1ccc(OCc2ccccc2)cc1. The largest absolute Gasteiger partial charge is 0.489 e. The van der Waals surface area contributed by atoms with Crippen molar-refractivity contribution in [1.82, 2.24) is 9.78 Å². The van der Waals surface area contributed by atoms with Gasteiger partial charge in [0.2, 0.25) is 0 Å². The molecule has 0 saturated carbocycles. The minimum absolute atomic E-state index is 0.343. The summed E-state index contributed by atoms with van der Waals surface area (Å²) in [6, 6.07) is 16.4. The number of anilines is 1. The highest BCUT2D eigenvalue weighted by Crippen LogP contribution is 2.19. The monoisotopic (exact) mass is 407 g/mol. The fourth-order valence-corrected chi connectivity index (χ4v) is 2.89. The number of amides is 1. The Morgan fingerprint density at radius 1 is 1.07 bits per heavy atom. The quantitative estimate of drug-likeness (QED) is 0.603. The molecule has 0 saturated heterocycles. The summed E-state index contributed by atoms with van der Waals surface area (Å²) < 4.78 is 12.7. The van der Waals surface area contributed by atoms with Crippen LogP contribution in [0.3, 0.4) is 0 Å². The number of rotatable bonds is 7. The molecule has 3 rings (SSSR count). The van der Waals surface area contributed by atoms with Gasteiger partial charge in [-0.15, -0.1) is 0 Å². The molecule has 0 fully saturated rings. The van der Waals surface area contributed by atoms with Crippen LogP contribution < -0.4 is 10.1 Å². The molecule has 0 radical (unpaired) electrons. The number of carbonyl (C=O) groups excluding carboxylic acids is 2. The molecule has 156 valence electrons. The van der Waals surface area contributed by atoms with Gasteiger partial charge in [0.25, 0.3) is 5.91 Å². The molecule has 1 heterocycles. The minimum atomic E-state index is -0.953. The molecule has 0 bridgehead atoms. The first-order valence-corrected chi connectivity index (χ1v) is 9.64. The lowest BCUT2D eigenvalue weighted by atomic mass is 10.2. The van der Waals surface area contributed by atoms with Gasteiger partial charge < -0.3 is 14.8 Å². The smallest absolute Gasteiger partial charge is 0.338 e. The lowest BCUT2D eigenvalue weighted by Crippen LogP contribution is -2.30. The number of benzene rings is 2. The lowest BCUT2D eigenvalue weighted by Gasteiger charge is -2.14. The predicted octanol–water partition coefficient (Wildman–Crippen LogP) is 3.80. The summed E-state index contributed by atoms with van der Waals surface area (Å²) in [7, 11) is 1.80. The van der Waals surface area contributed by atoms with E-state index in [4.69, 9.17) is 9.47 Å². The van der Waals surface area contributed by atoms with E-state index in [9.17, 15) is 9.59 Å². The Morgan fingerprint density at radius 2 is 1.73 bits per heavy atom. The van der Waals surface area contributed by atoms with Gasteiger partial charge in [-0.1, -0.05) is 30.3 Å². The van der Waals surface area contributed by atoms with Crippen LogP contribution in [0.15, 0.2) is 54.6 Å². The molecule has 0 unspecified atom stereocenters. The predicted molar refractivity (Wildman–Crippen MR) is 113 cm³/mol. The first-order chi connectivity index (χ1) is 14.3. The molecule has 0 spiro atoms. The van der Waals surface area contributed by atoms with Crippen LogP contribution in [0, 0.1) is 13.8 Å². The van der Waals surface area contributed by atoms with Crippen LogP contribution >= 0.6 is 0 Å². The van der Waals surface area contributed by atoms with Gasteiger partial charge in [-0.3, -0.25) is 9.48 Å². The van der Waals surface area contributed by atoms with E-state index < -0.39 is 18.0 Å². The fourth-order valence-electron chi connectivity index (χ4n) is 2.89. The lowest BCUT2D eigenvalue weighted by molar-refractivity contribution is -0.123. The third-order valence-electron chi connectivity index (χ3n) is 4.75. The summed E-state index contributed by atoms with van der Waals surface area (Å²) in [6.45, 7) is 5.63. The van der Waals surface area contributed by atoms with E-state index in [2.05, 4.69) is 10.4 Å². The molecule has 3 aromatic rings. The second-order valence-electron chi connectivity index (χ2n) is 7.00. The Kier molecular flexibility index (Phi) is 6.51. The molecule has 7 heteroatoms. The molecule has 0 aliphatic heterocycles. The normalized spacial score (nSPS) is 11.6. The van der Waals surface area contributed by atoms with Crippen molar-refractivity contribution in [3.63, 3.8) is 0 Å². The molecule has 1 atom stereocenters. The Morgan fingerprint density at radius 3 is 2.33 bits per heavy atom. The van der Waals surface area contributed by atoms with Crippen molar-refractivity contribution >= 4 is 17.6 Å². The van der Waals surface area contributed by atoms with Crippen molar-refractivity contribution in [2.45, 2.75) is 33.5 Å². The van der Waals surface area contributed by atoms with Crippen LogP contribution in [0.25, 0.3) is 0 Å². The van der Waals surface area contributed by atoms with Gasteiger partial charge in [0.15, 0.2) is 6.10 Å². The zero-order valence-electron chi connectivity index (χ0n) is 17.5. The minimum Gasteiger partial charge on any atom is -0.489 e. The number of carbonyl (C=O) groups is 2. The maximum Gasteiger partial charge on any atom is 0.338 e. The fraction of sp³-hybridized carbons (Fsp3) is 0.261. The Hall–Kier alpha value is -3.61. The number of aryl methyl sites for hydroxylation is 2. The number of nitrogens with zero attached hydrogens (tertiary/aromatic N) is 2. The van der Waals surface area contributed by atoms with E-state index >= 15 is 0 Å². The second-order valence-corrected chi connectivity index (χ2v) is 7.00. The van der Waals surface area contributed by atoms with Crippen molar-refractivity contribution in [3.05, 3.63) is 77.1 Å². The standard InChI is InChI=1S/C23H25N3O4/c1-15-21(16(2)26(4)25-15)24-22(27)17(3)30-23(28)19-10-12-20(13-11-19)29-14-18-8-6-5-7-9-18/h5-13,17H,14H2,1-4H3,(H,24,27)/t17-/m1/s1. The summed E-state index contributed by atoms with van der Waals surface area (Å²) in [6.07, 6.45) is -0.953. The van der Waals surface area contributed by atoms with Crippen LogP contribution in [0.5, 0.6) is 5.75 Å². The van der Waals surface area contributed by atoms with Gasteiger partial charge in [0.1, 0.15) is 12.4 Å². The molecule has 0 aliphatic carbocycles. The third-order valence-corrected chi connectivity index (χ3v) is 4.75. The zero-order valence-corrected chi connectivity index (χ0v) is 17.5. The summed E-state index contributed by atoms with van der Waals surface area (Å²) in [5, 5.41) is 7.03. The van der Waals surface area contributed by atoms with Crippen molar-refractivity contribution in [3.8, 4) is 5.75 Å². The highest BCUT2D eigenvalue weighted by molar-refractivity contribution is 5.98. The first kappa shape index (κ1) is 21.1. The van der Waals surface area contributed by atoms with Crippen molar-refractivity contribution in [1.29, 1.82) is 0 Å². The van der Waals surface area contributed by atoms with Crippen LogP contribution in [0.1, 0.15) is 34.2 Å². The Labute approximate surface area is 175 Å². The average molecular weight is 407 g/mol. The first-order valence-electron chi connectivity index (χ1n) is 9.64. The summed E-state index contributed by atoms with van der Waals surface area (Å²) in [4.78, 5) is 24.8. The number of hydrogen-bond donors (Lipinski definition) is 1. The topological polar surface area (TPSA) is 82.5 Å². The molecule has 7 nitrogen and oxygen atoms in total. The molecule has 1 amide bonds. The van der Waals surface area contributed by atoms with Gasteiger partial charge in [0.05, 0.1) is 22.6 Å². The Balaban J connectivity index is 1.55. The van der Waals surface area contributed by atoms with Crippen LogP contribution in [-0.4, -0.2) is 27.8 Å². The van der Waals surface area contributed by atoms with Crippen molar-refractivity contribution in [2.24, 2.45) is 7.05 Å². The maximum absolute atomic E-state index is 12.4. The van der Waals surface area contributed by atoms with Gasteiger partial charge in [0, 0.05) is 7.05 Å². The highest BCUT2D eigenvalue weighted by atomic mass is 16.5. The van der Waals surface area contributed by atoms with E-state index in [0.717, 1.165) is 11.3 Å². The third kappa shape index (κ3) is 5.05. The summed E-state index contributed by atoms with van der Waals surface area (Å²) in [5.74, 6) is -0.346. The Bertz CT molecular complexity index is 1030. The number of aromatic nitrogens is 2. The number of hydrogen-bond acceptors (Lipinski definition) is 5. The maximum atomic E-state index is 12.4. The van der Waals surface area contributed by atoms with E-state index in [0.29, 0.717) is 29.3 Å². The molecule has 1 N–H and O–H groups in total. The van der Waals surface area contributed by atoms with E-state index in [1.54, 1.807) is 42.9 Å². The van der Waals surface area contributed by atoms with Gasteiger partial charge >= 0.3 is 5.97 Å². The zero-order chi connectivity index (χ0) is 21.7. The molecule has 30 heavy (non-hydrogen) atoms. The highest BCUT2D eigenvalue weighted by Gasteiger charge is 2.21. The molecular weight excluding hydrogens is 382 g/mol. The van der Waals surface area contributed by atoms with Gasteiger partial charge in [-0.25, -0.2) is 4.79 Å². The molecule has 2 aromatic carbocycles. The van der Waals surface area contributed by atoms with Gasteiger partial charge in [-0.05, 0) is 50.6 Å². The number of nitrogens with one attached hydrogen (secondary N) is 1. The van der Waals surface area contributed by atoms with E-state index in [-0.39, 0.29) is 0 Å². The van der Waals surface area contributed by atoms with Crippen LogP contribution in [0.4, 0.5) is 5.69 Å². The average Bonchev–Trinajstić information content (AvgIpc) is 2.99. The molecule has 0 aliphatic rings. The molecular formula is C23H25N3O4. The van der Waals surface area contributed by atoms with E-state index in [1.807, 2.05) is 37.3 Å². The van der Waals surface area contributed by atoms with Crippen molar-refractivity contribution < 1.29 is 19.1 Å². The molecule has 1 aromatic heterocycles. The second kappa shape index (κ2) is 9.26. The summed E-state index contributed by atoms with van der Waals surface area (Å²) >= 11 is 0. The van der Waals surface area contributed by atoms with Gasteiger partial charge in [-0.2, -0.15) is 5.10 Å². The van der Waals surface area contributed by atoms with E-state index in [1.165, 1.54) is 6.92 Å². The number of esters is 1. The van der Waals surface area contributed by atoms with Crippen molar-refractivity contribution in [2.75, 3.05) is 5.32 Å².